The van der Waals surface area contributed by atoms with E-state index in [0.29, 0.717) is 12.5 Å². The molecular weight excluding hydrogens is 286 g/mol. The molecule has 1 aromatic carbocycles. The molecule has 23 heavy (non-hydrogen) atoms. The molecule has 0 atom stereocenters. The highest BCUT2D eigenvalue weighted by Gasteiger charge is 2.28. The summed E-state index contributed by atoms with van der Waals surface area (Å²) in [5, 5.41) is 0. The number of amides is 1. The second-order valence-corrected chi connectivity index (χ2v) is 7.38. The van der Waals surface area contributed by atoms with Crippen LogP contribution in [0.25, 0.3) is 0 Å². The van der Waals surface area contributed by atoms with E-state index in [0.717, 1.165) is 24.1 Å². The zero-order valence-corrected chi connectivity index (χ0v) is 14.7. The molecule has 126 valence electrons. The van der Waals surface area contributed by atoms with Gasteiger partial charge in [0.05, 0.1) is 6.54 Å². The molecular formula is C20H29NO2. The van der Waals surface area contributed by atoms with Gasteiger partial charge in [-0.1, -0.05) is 56.2 Å². The number of carbonyl (C=O) groups excluding carboxylic acids is 1. The van der Waals surface area contributed by atoms with Crippen LogP contribution in [0, 0.1) is 5.92 Å². The molecule has 3 heteroatoms. The van der Waals surface area contributed by atoms with E-state index in [9.17, 15) is 4.79 Å². The third-order valence-corrected chi connectivity index (χ3v) is 4.22. The fourth-order valence-electron chi connectivity index (χ4n) is 3.02. The van der Waals surface area contributed by atoms with E-state index in [4.69, 9.17) is 4.74 Å². The maximum Gasteiger partial charge on any atom is 0.414 e. The minimum atomic E-state index is -0.501. The molecule has 1 amide bonds. The lowest BCUT2D eigenvalue weighted by Gasteiger charge is -2.33. The van der Waals surface area contributed by atoms with Gasteiger partial charge in [-0.2, -0.15) is 0 Å². The normalized spacial score (nSPS) is 16.0. The van der Waals surface area contributed by atoms with Crippen molar-refractivity contribution in [3.8, 4) is 0 Å². The van der Waals surface area contributed by atoms with E-state index in [-0.39, 0.29) is 6.09 Å². The number of allylic oxidation sites excluding steroid dienone is 1. The predicted octanol–water partition coefficient (Wildman–Crippen LogP) is 5.52. The molecule has 3 nitrogen and oxygen atoms in total. The van der Waals surface area contributed by atoms with Crippen molar-refractivity contribution in [2.45, 2.75) is 65.0 Å². The third kappa shape index (κ3) is 5.42. The number of ether oxygens (including phenoxy) is 1. The van der Waals surface area contributed by atoms with Crippen LogP contribution in [-0.4, -0.2) is 16.6 Å². The first-order valence-corrected chi connectivity index (χ1v) is 8.60. The van der Waals surface area contributed by atoms with E-state index < -0.39 is 5.60 Å². The molecule has 2 rings (SSSR count). The second-order valence-electron chi connectivity index (χ2n) is 7.38. The SMILES string of the molecule is C=C(C1CCCCC1)N(Cc1ccccc1)C(=O)OC(C)(C)C. The molecule has 1 aliphatic carbocycles. The molecule has 1 saturated carbocycles. The maximum atomic E-state index is 12.7. The monoisotopic (exact) mass is 315 g/mol. The average Bonchev–Trinajstić information content (AvgIpc) is 2.52. The first kappa shape index (κ1) is 17.6. The molecule has 1 aliphatic rings. The van der Waals surface area contributed by atoms with Crippen molar-refractivity contribution in [1.29, 1.82) is 0 Å². The Morgan fingerprint density at radius 1 is 1.17 bits per heavy atom. The quantitative estimate of drug-likeness (QED) is 0.732. The van der Waals surface area contributed by atoms with Gasteiger partial charge < -0.3 is 4.74 Å². The van der Waals surface area contributed by atoms with E-state index in [1.165, 1.54) is 19.3 Å². The molecule has 0 radical (unpaired) electrons. The molecule has 0 N–H and O–H groups in total. The maximum absolute atomic E-state index is 12.7. The van der Waals surface area contributed by atoms with Crippen molar-refractivity contribution < 1.29 is 9.53 Å². The minimum absolute atomic E-state index is 0.295. The Bertz CT molecular complexity index is 524. The van der Waals surface area contributed by atoms with Gasteiger partial charge in [0.15, 0.2) is 0 Å². The zero-order chi connectivity index (χ0) is 16.9. The molecule has 0 aliphatic heterocycles. The third-order valence-electron chi connectivity index (χ3n) is 4.22. The summed E-state index contributed by atoms with van der Waals surface area (Å²) in [5.74, 6) is 0.389. The van der Waals surface area contributed by atoms with Gasteiger partial charge in [-0.25, -0.2) is 4.79 Å². The van der Waals surface area contributed by atoms with Gasteiger partial charge in [0.1, 0.15) is 5.60 Å². The predicted molar refractivity (Wildman–Crippen MR) is 93.9 cm³/mol. The van der Waals surface area contributed by atoms with E-state index >= 15 is 0 Å². The summed E-state index contributed by atoms with van der Waals surface area (Å²) in [4.78, 5) is 14.4. The van der Waals surface area contributed by atoms with E-state index in [1.54, 1.807) is 4.90 Å². The Hall–Kier alpha value is -1.77. The van der Waals surface area contributed by atoms with Crippen LogP contribution in [-0.2, 0) is 11.3 Å². The Morgan fingerprint density at radius 3 is 2.35 bits per heavy atom. The Kier molecular flexibility index (Phi) is 5.86. The van der Waals surface area contributed by atoms with Crippen molar-refractivity contribution >= 4 is 6.09 Å². The fraction of sp³-hybridized carbons (Fsp3) is 0.550. The molecule has 0 aromatic heterocycles. The number of rotatable bonds is 4. The summed E-state index contributed by atoms with van der Waals surface area (Å²) in [7, 11) is 0. The molecule has 1 fully saturated rings. The lowest BCUT2D eigenvalue weighted by molar-refractivity contribution is 0.0275. The van der Waals surface area contributed by atoms with E-state index in [1.807, 2.05) is 51.1 Å². The van der Waals surface area contributed by atoms with Crippen LogP contribution < -0.4 is 0 Å². The first-order chi connectivity index (χ1) is 10.9. The summed E-state index contributed by atoms with van der Waals surface area (Å²) in [6, 6.07) is 10.0. The van der Waals surface area contributed by atoms with E-state index in [2.05, 4.69) is 6.58 Å². The molecule has 0 saturated heterocycles. The highest BCUT2D eigenvalue weighted by molar-refractivity contribution is 5.70. The largest absolute Gasteiger partial charge is 0.443 e. The fourth-order valence-corrected chi connectivity index (χ4v) is 3.02. The van der Waals surface area contributed by atoms with Crippen LogP contribution in [0.5, 0.6) is 0 Å². The number of carbonyl (C=O) groups is 1. The average molecular weight is 315 g/mol. The molecule has 0 bridgehead atoms. The second kappa shape index (κ2) is 7.67. The summed E-state index contributed by atoms with van der Waals surface area (Å²) in [5.41, 5.74) is 1.50. The molecule has 0 heterocycles. The lowest BCUT2D eigenvalue weighted by Crippen LogP contribution is -2.37. The first-order valence-electron chi connectivity index (χ1n) is 8.60. The Balaban J connectivity index is 2.16. The number of hydrogen-bond acceptors (Lipinski definition) is 2. The Morgan fingerprint density at radius 2 is 1.78 bits per heavy atom. The highest BCUT2D eigenvalue weighted by Crippen LogP contribution is 2.32. The lowest BCUT2D eigenvalue weighted by atomic mass is 9.87. The Labute approximate surface area is 140 Å². The summed E-state index contributed by atoms with van der Waals surface area (Å²) >= 11 is 0. The van der Waals surface area contributed by atoms with Crippen LogP contribution in [0.15, 0.2) is 42.6 Å². The molecule has 1 aromatic rings. The summed E-state index contributed by atoms with van der Waals surface area (Å²) in [6.07, 6.45) is 5.67. The number of hydrogen-bond donors (Lipinski definition) is 0. The van der Waals surface area contributed by atoms with Crippen LogP contribution >= 0.6 is 0 Å². The van der Waals surface area contributed by atoms with Crippen molar-refractivity contribution in [3.05, 3.63) is 48.2 Å². The van der Waals surface area contributed by atoms with Crippen LogP contribution in [0.1, 0.15) is 58.4 Å². The van der Waals surface area contributed by atoms with Gasteiger partial charge >= 0.3 is 6.09 Å². The van der Waals surface area contributed by atoms with Crippen LogP contribution in [0.3, 0.4) is 0 Å². The number of benzene rings is 1. The van der Waals surface area contributed by atoms with Gasteiger partial charge in [-0.3, -0.25) is 4.90 Å². The van der Waals surface area contributed by atoms with Crippen LogP contribution in [0.4, 0.5) is 4.79 Å². The minimum Gasteiger partial charge on any atom is -0.443 e. The summed E-state index contributed by atoms with van der Waals surface area (Å²) in [6.45, 7) is 10.5. The van der Waals surface area contributed by atoms with Gasteiger partial charge in [0.2, 0.25) is 0 Å². The van der Waals surface area contributed by atoms with Gasteiger partial charge in [-0.15, -0.1) is 0 Å². The van der Waals surface area contributed by atoms with Crippen molar-refractivity contribution in [1.82, 2.24) is 4.90 Å². The van der Waals surface area contributed by atoms with Gasteiger partial charge in [-0.05, 0) is 45.1 Å². The molecule has 0 spiro atoms. The van der Waals surface area contributed by atoms with Gasteiger partial charge in [0.25, 0.3) is 0 Å². The smallest absolute Gasteiger partial charge is 0.414 e. The summed E-state index contributed by atoms with van der Waals surface area (Å²) < 4.78 is 5.61. The van der Waals surface area contributed by atoms with Crippen molar-refractivity contribution in [2.24, 2.45) is 5.92 Å². The van der Waals surface area contributed by atoms with Crippen LogP contribution in [0.2, 0.25) is 0 Å². The molecule has 0 unspecified atom stereocenters. The number of nitrogens with zero attached hydrogens (tertiary/aromatic N) is 1. The standard InChI is InChI=1S/C20H29NO2/c1-16(18-13-9-6-10-14-18)21(19(22)23-20(2,3)4)15-17-11-7-5-8-12-17/h5,7-8,11-12,18H,1,6,9-10,13-15H2,2-4H3. The van der Waals surface area contributed by atoms with Crippen molar-refractivity contribution in [3.63, 3.8) is 0 Å². The van der Waals surface area contributed by atoms with Crippen molar-refractivity contribution in [2.75, 3.05) is 0 Å². The highest BCUT2D eigenvalue weighted by atomic mass is 16.6. The zero-order valence-electron chi connectivity index (χ0n) is 14.7. The van der Waals surface area contributed by atoms with Gasteiger partial charge in [0, 0.05) is 5.70 Å². The topological polar surface area (TPSA) is 29.5 Å².